The molecule has 4 heterocycles. The van der Waals surface area contributed by atoms with Crippen molar-refractivity contribution in [2.24, 2.45) is 0 Å². The van der Waals surface area contributed by atoms with Crippen LogP contribution in [-0.4, -0.2) is 57.5 Å². The van der Waals surface area contributed by atoms with Crippen molar-refractivity contribution in [3.05, 3.63) is 230 Å². The zero-order valence-corrected chi connectivity index (χ0v) is 53.6. The van der Waals surface area contributed by atoms with Crippen LogP contribution in [0.4, 0.5) is 0 Å². The van der Waals surface area contributed by atoms with E-state index in [-0.39, 0.29) is 109 Å². The van der Waals surface area contributed by atoms with Crippen molar-refractivity contribution in [1.82, 2.24) is 0 Å². The van der Waals surface area contributed by atoms with Crippen molar-refractivity contribution >= 4 is 128 Å². The fraction of sp³-hybridized carbons (Fsp3) is 0.133. The van der Waals surface area contributed by atoms with Gasteiger partial charge < -0.3 is 26.2 Å². The van der Waals surface area contributed by atoms with Crippen LogP contribution >= 0.6 is 63.7 Å². The first-order valence-electron chi connectivity index (χ1n) is 25.6. The molecule has 18 nitrogen and oxygen atoms in total. The Morgan fingerprint density at radius 2 is 0.430 bits per heavy atom. The summed E-state index contributed by atoms with van der Waals surface area (Å²) in [6.45, 7) is 0. The third-order valence-electron chi connectivity index (χ3n) is 14.1. The van der Waals surface area contributed by atoms with Crippen molar-refractivity contribution in [3.8, 4) is 23.0 Å². The van der Waals surface area contributed by atoms with Crippen LogP contribution in [0.3, 0.4) is 0 Å². The molecule has 440 valence electrons. The van der Waals surface area contributed by atoms with Crippen molar-refractivity contribution in [1.29, 1.82) is 0 Å². The van der Waals surface area contributed by atoms with Gasteiger partial charge in [-0.15, -0.1) is 0 Å². The molecule has 86 heavy (non-hydrogen) atoms. The van der Waals surface area contributed by atoms with Crippen LogP contribution in [-0.2, 0) is 120 Å². The molecular weight excluding hydrogens is 1460 g/mol. The van der Waals surface area contributed by atoms with Crippen molar-refractivity contribution < 1.29 is 79.1 Å². The zero-order valence-electron chi connectivity index (χ0n) is 44.0. The van der Waals surface area contributed by atoms with Crippen molar-refractivity contribution in [2.75, 3.05) is 0 Å². The van der Waals surface area contributed by atoms with Gasteiger partial charge in [-0.25, -0.2) is 0 Å². The second-order valence-corrected chi connectivity index (χ2v) is 29.8. The van der Waals surface area contributed by atoms with Crippen LogP contribution in [0.2, 0.25) is 0 Å². The highest BCUT2D eigenvalue weighted by atomic mass is 79.9. The van der Waals surface area contributed by atoms with Gasteiger partial charge in [0.2, 0.25) is 0 Å². The molecule has 0 aromatic heterocycles. The van der Waals surface area contributed by atoms with Crippen LogP contribution in [0.25, 0.3) is 0 Å². The molecule has 8 aromatic carbocycles. The minimum atomic E-state index is -4.67. The summed E-state index contributed by atoms with van der Waals surface area (Å²) >= 11 is 13.3. The first-order valence-corrected chi connectivity index (χ1v) is 34.4. The van der Waals surface area contributed by atoms with Gasteiger partial charge in [0.1, 0.15) is 42.6 Å². The monoisotopic (exact) mass is 1490 g/mol. The summed E-state index contributed by atoms with van der Waals surface area (Å²) in [5, 5.41) is 0. The molecule has 0 fully saturated rings. The summed E-state index contributed by atoms with van der Waals surface area (Å²) in [5.74, 6) is -5.65. The molecule has 4 aliphatic heterocycles. The molecule has 0 spiro atoms. The SMILES string of the molecule is O=C1Cc2c3cc(OS(=O)(=O)c4ccc(Br)cc4)cc2Cc2cc(OS(=O)(=O)c4ccc(Br)cc4)cc4c2CC(=O)OC(=O)Cc2c(cc(OS(=O)(=O)c5ccc(Br)cc5)cc2Cc2cc(OS(=O)(=O)c5ccc(Br)cc5)cc(c2CC(=O)O1)C4)C3. The Bertz CT molecular complexity index is 3950. The van der Waals surface area contributed by atoms with Gasteiger partial charge in [-0.3, -0.25) is 19.2 Å². The van der Waals surface area contributed by atoms with Gasteiger partial charge in [0.05, 0.1) is 25.7 Å². The average Bonchev–Trinajstić information content (AvgIpc) is 0.898. The van der Waals surface area contributed by atoms with Crippen LogP contribution in [0.15, 0.2) is 183 Å². The van der Waals surface area contributed by atoms with E-state index in [4.69, 9.17) is 26.2 Å². The van der Waals surface area contributed by atoms with Gasteiger partial charge in [0.25, 0.3) is 0 Å². The number of hydrogen-bond donors (Lipinski definition) is 0. The maximum absolute atomic E-state index is 14.5. The Morgan fingerprint density at radius 3 is 0.593 bits per heavy atom. The number of carbonyl (C=O) groups is 4. The number of carbonyl (C=O) groups excluding carboxylic acids is 4. The molecule has 12 rings (SSSR count). The van der Waals surface area contributed by atoms with Crippen LogP contribution in [0.1, 0.15) is 66.8 Å². The predicted molar refractivity (Wildman–Crippen MR) is 322 cm³/mol. The van der Waals surface area contributed by atoms with Gasteiger partial charge in [-0.05, 0) is 238 Å². The van der Waals surface area contributed by atoms with Gasteiger partial charge in [-0.1, -0.05) is 63.7 Å². The lowest BCUT2D eigenvalue weighted by Gasteiger charge is -2.25. The summed E-state index contributed by atoms with van der Waals surface area (Å²) < 4.78 is 151. The molecule has 0 saturated carbocycles. The second-order valence-electron chi connectivity index (χ2n) is 20.0. The largest absolute Gasteiger partial charge is 0.393 e. The first kappa shape index (κ1) is 60.6. The van der Waals surface area contributed by atoms with E-state index < -0.39 is 116 Å². The van der Waals surface area contributed by atoms with E-state index in [1.807, 2.05) is 0 Å². The summed E-state index contributed by atoms with van der Waals surface area (Å²) in [5.41, 5.74) is 1.38. The van der Waals surface area contributed by atoms with Crippen molar-refractivity contribution in [3.63, 3.8) is 0 Å². The Hall–Kier alpha value is -7.04. The minimum absolute atomic E-state index is 0.113. The molecule has 26 heteroatoms. The van der Waals surface area contributed by atoms with E-state index in [9.17, 15) is 52.8 Å². The fourth-order valence-corrected chi connectivity index (χ4v) is 15.0. The molecule has 0 saturated heterocycles. The molecule has 0 radical (unpaired) electrons. The molecule has 0 unspecified atom stereocenters. The molecule has 8 aromatic rings. The topological polar surface area (TPSA) is 260 Å². The molecule has 0 aliphatic carbocycles. The lowest BCUT2D eigenvalue weighted by molar-refractivity contribution is -0.160. The van der Waals surface area contributed by atoms with E-state index in [1.54, 1.807) is 0 Å². The minimum Gasteiger partial charge on any atom is -0.393 e. The third kappa shape index (κ3) is 13.6. The highest BCUT2D eigenvalue weighted by Gasteiger charge is 2.32. The van der Waals surface area contributed by atoms with E-state index in [2.05, 4.69) is 63.7 Å². The maximum atomic E-state index is 14.5. The van der Waals surface area contributed by atoms with Crippen LogP contribution < -0.4 is 16.7 Å². The average molecular weight is 1500 g/mol. The van der Waals surface area contributed by atoms with Gasteiger partial charge in [-0.2, -0.15) is 33.7 Å². The smallest absolute Gasteiger partial charge is 0.339 e. The number of ether oxygens (including phenoxy) is 2. The molecule has 0 amide bonds. The molecule has 12 bridgehead atoms. The Morgan fingerprint density at radius 1 is 0.267 bits per heavy atom. The summed E-state index contributed by atoms with van der Waals surface area (Å²) in [6, 6.07) is 32.8. The van der Waals surface area contributed by atoms with Crippen molar-refractivity contribution in [2.45, 2.75) is 70.9 Å². The number of rotatable bonds is 12. The van der Waals surface area contributed by atoms with Gasteiger partial charge >= 0.3 is 64.3 Å². The summed E-state index contributed by atoms with van der Waals surface area (Å²) in [4.78, 5) is 56.9. The van der Waals surface area contributed by atoms with E-state index >= 15 is 0 Å². The lowest BCUT2D eigenvalue weighted by atomic mass is 9.82. The Balaban J connectivity index is 1.24. The summed E-state index contributed by atoms with van der Waals surface area (Å²) in [6.07, 6.45) is -4.44. The number of fused-ring (bicyclic) bond motifs is 8. The first-order chi connectivity index (χ1) is 40.7. The lowest BCUT2D eigenvalue weighted by Crippen LogP contribution is -2.23. The normalized spacial score (nSPS) is 14.6. The van der Waals surface area contributed by atoms with E-state index in [0.29, 0.717) is 17.9 Å². The second kappa shape index (κ2) is 23.9. The summed E-state index contributed by atoms with van der Waals surface area (Å²) in [7, 11) is -18.7. The molecule has 4 aliphatic rings. The highest BCUT2D eigenvalue weighted by molar-refractivity contribution is 9.11. The quantitative estimate of drug-likeness (QED) is 0.0625. The standard InChI is InChI=1S/C60H40Br4O18S4/c61-41-1-9-49(10-2-41)83(69,70)79-45-21-33-17-35-23-46(80-84(71,72)50-11-3-42(62)4-12-50)25-37-19-39-27-48(82-86(75,76)52-15-7-44(64)8-16-52)28-40-20-38-26-47(81-85(73,74)51-13-5-43(63)6-14-51)24-36(55(38)31-59(67)78-58(66)30-54(35)37)18-34(22-45)53(33)29-57(65)77-60(68)32-56(39)40/h1-16,21-28H,17-20,29-32H2. The number of esters is 4. The van der Waals surface area contributed by atoms with E-state index in [1.165, 1.54) is 146 Å². The predicted octanol–water partition coefficient (Wildman–Crippen LogP) is 10.8. The molecular formula is C60H40Br4O18S4. The molecule has 0 atom stereocenters. The third-order valence-corrected chi connectivity index (χ3v) is 21.3. The number of hydrogen-bond acceptors (Lipinski definition) is 18. The number of halogens is 4. The van der Waals surface area contributed by atoms with E-state index in [0.717, 1.165) is 0 Å². The number of benzene rings is 8. The molecule has 0 N–H and O–H groups in total. The Kier molecular flexibility index (Phi) is 16.9. The maximum Gasteiger partial charge on any atom is 0.339 e. The highest BCUT2D eigenvalue weighted by Crippen LogP contribution is 2.40. The fourth-order valence-electron chi connectivity index (χ4n) is 10.3. The van der Waals surface area contributed by atoms with Gasteiger partial charge in [0.15, 0.2) is 0 Å². The van der Waals surface area contributed by atoms with Crippen LogP contribution in [0.5, 0.6) is 23.0 Å². The zero-order chi connectivity index (χ0) is 61.0. The van der Waals surface area contributed by atoms with Crippen LogP contribution in [0, 0.1) is 0 Å². The van der Waals surface area contributed by atoms with Gasteiger partial charge in [0, 0.05) is 17.9 Å². The Labute approximate surface area is 526 Å².